The molecule has 21 heavy (non-hydrogen) atoms. The summed E-state index contributed by atoms with van der Waals surface area (Å²) < 4.78 is 11.0. The summed E-state index contributed by atoms with van der Waals surface area (Å²) in [6.07, 6.45) is 0. The molecule has 1 fully saturated rings. The standard InChI is InChI=1S/C16H25N3O2/c1-14(12-21-13-15-5-3-2-4-6-15)11-18-16(17)19-7-9-20-10-8-19/h2-6,14H,7-13H2,1H3,(H2,17,18). The van der Waals surface area contributed by atoms with Crippen LogP contribution in [0.1, 0.15) is 12.5 Å². The Hall–Kier alpha value is -1.59. The van der Waals surface area contributed by atoms with E-state index >= 15 is 0 Å². The molecule has 0 amide bonds. The van der Waals surface area contributed by atoms with Crippen LogP contribution < -0.4 is 5.73 Å². The molecule has 0 aliphatic carbocycles. The van der Waals surface area contributed by atoms with Gasteiger partial charge in [-0.3, -0.25) is 4.99 Å². The number of ether oxygens (including phenoxy) is 2. The monoisotopic (exact) mass is 291 g/mol. The first-order valence-electron chi connectivity index (χ1n) is 7.50. The van der Waals surface area contributed by atoms with E-state index in [4.69, 9.17) is 15.2 Å². The van der Waals surface area contributed by atoms with E-state index in [2.05, 4.69) is 28.9 Å². The van der Waals surface area contributed by atoms with Gasteiger partial charge in [0, 0.05) is 19.6 Å². The van der Waals surface area contributed by atoms with Gasteiger partial charge in [-0.1, -0.05) is 37.3 Å². The van der Waals surface area contributed by atoms with Crippen LogP contribution >= 0.6 is 0 Å². The second-order valence-corrected chi connectivity index (χ2v) is 5.40. The van der Waals surface area contributed by atoms with Crippen molar-refractivity contribution in [2.24, 2.45) is 16.6 Å². The fourth-order valence-corrected chi connectivity index (χ4v) is 2.15. The van der Waals surface area contributed by atoms with Crippen molar-refractivity contribution in [3.05, 3.63) is 35.9 Å². The van der Waals surface area contributed by atoms with E-state index in [1.165, 1.54) is 5.56 Å². The van der Waals surface area contributed by atoms with Crippen molar-refractivity contribution in [1.29, 1.82) is 0 Å². The predicted molar refractivity (Wildman–Crippen MR) is 84.1 cm³/mol. The number of hydrogen-bond acceptors (Lipinski definition) is 3. The van der Waals surface area contributed by atoms with Gasteiger partial charge in [-0.2, -0.15) is 0 Å². The SMILES string of the molecule is CC(CN=C(N)N1CCOCC1)COCc1ccccc1. The number of nitrogens with zero attached hydrogens (tertiary/aromatic N) is 2. The van der Waals surface area contributed by atoms with E-state index in [1.807, 2.05) is 18.2 Å². The molecule has 1 atom stereocenters. The summed E-state index contributed by atoms with van der Waals surface area (Å²) in [4.78, 5) is 6.53. The molecule has 0 bridgehead atoms. The highest BCUT2D eigenvalue weighted by atomic mass is 16.5. The second kappa shape index (κ2) is 8.64. The summed E-state index contributed by atoms with van der Waals surface area (Å²) in [5, 5.41) is 0. The molecule has 1 aliphatic rings. The van der Waals surface area contributed by atoms with Crippen molar-refractivity contribution in [3.8, 4) is 0 Å². The van der Waals surface area contributed by atoms with Gasteiger partial charge in [0.15, 0.2) is 5.96 Å². The first-order valence-corrected chi connectivity index (χ1v) is 7.50. The number of rotatable bonds is 6. The van der Waals surface area contributed by atoms with Crippen molar-refractivity contribution in [1.82, 2.24) is 4.90 Å². The van der Waals surface area contributed by atoms with Gasteiger partial charge in [0.1, 0.15) is 0 Å². The van der Waals surface area contributed by atoms with Crippen LogP contribution in [-0.4, -0.2) is 50.3 Å². The van der Waals surface area contributed by atoms with E-state index in [-0.39, 0.29) is 0 Å². The summed E-state index contributed by atoms with van der Waals surface area (Å²) in [6, 6.07) is 10.2. The summed E-state index contributed by atoms with van der Waals surface area (Å²) in [5.41, 5.74) is 7.19. The molecular weight excluding hydrogens is 266 g/mol. The largest absolute Gasteiger partial charge is 0.378 e. The highest BCUT2D eigenvalue weighted by Gasteiger charge is 2.12. The molecule has 1 unspecified atom stereocenters. The van der Waals surface area contributed by atoms with Crippen molar-refractivity contribution >= 4 is 5.96 Å². The molecule has 0 radical (unpaired) electrons. The van der Waals surface area contributed by atoms with Crippen LogP contribution in [0.4, 0.5) is 0 Å². The first-order chi connectivity index (χ1) is 10.3. The lowest BCUT2D eigenvalue weighted by Gasteiger charge is -2.27. The average molecular weight is 291 g/mol. The van der Waals surface area contributed by atoms with Gasteiger partial charge >= 0.3 is 0 Å². The number of nitrogens with two attached hydrogens (primary N) is 1. The van der Waals surface area contributed by atoms with Crippen LogP contribution in [0.3, 0.4) is 0 Å². The zero-order valence-electron chi connectivity index (χ0n) is 12.7. The van der Waals surface area contributed by atoms with Crippen LogP contribution in [0.25, 0.3) is 0 Å². The third-order valence-corrected chi connectivity index (χ3v) is 3.41. The zero-order chi connectivity index (χ0) is 14.9. The molecule has 1 saturated heterocycles. The predicted octanol–water partition coefficient (Wildman–Crippen LogP) is 1.49. The van der Waals surface area contributed by atoms with Gasteiger partial charge in [-0.25, -0.2) is 0 Å². The molecule has 116 valence electrons. The molecule has 1 aromatic rings. The third kappa shape index (κ3) is 5.73. The van der Waals surface area contributed by atoms with Crippen LogP contribution in [-0.2, 0) is 16.1 Å². The smallest absolute Gasteiger partial charge is 0.191 e. The Morgan fingerprint density at radius 1 is 1.33 bits per heavy atom. The fourth-order valence-electron chi connectivity index (χ4n) is 2.15. The van der Waals surface area contributed by atoms with Gasteiger partial charge in [0.25, 0.3) is 0 Å². The number of hydrogen-bond donors (Lipinski definition) is 1. The Kier molecular flexibility index (Phi) is 6.50. The topological polar surface area (TPSA) is 60.1 Å². The minimum absolute atomic E-state index is 0.355. The quantitative estimate of drug-likeness (QED) is 0.637. The molecule has 5 heteroatoms. The minimum Gasteiger partial charge on any atom is -0.378 e. The van der Waals surface area contributed by atoms with Crippen molar-refractivity contribution < 1.29 is 9.47 Å². The summed E-state index contributed by atoms with van der Waals surface area (Å²) in [5.74, 6) is 0.974. The van der Waals surface area contributed by atoms with Gasteiger partial charge in [0.05, 0.1) is 26.4 Å². The molecule has 1 heterocycles. The average Bonchev–Trinajstić information content (AvgIpc) is 2.54. The highest BCUT2D eigenvalue weighted by Crippen LogP contribution is 2.04. The van der Waals surface area contributed by atoms with E-state index in [1.54, 1.807) is 0 Å². The van der Waals surface area contributed by atoms with Crippen LogP contribution in [0.2, 0.25) is 0 Å². The molecule has 1 aromatic carbocycles. The molecule has 5 nitrogen and oxygen atoms in total. The maximum absolute atomic E-state index is 6.00. The molecule has 0 aromatic heterocycles. The van der Waals surface area contributed by atoms with Gasteiger partial charge in [-0.05, 0) is 11.5 Å². The van der Waals surface area contributed by atoms with Crippen molar-refractivity contribution in [2.75, 3.05) is 39.5 Å². The fraction of sp³-hybridized carbons (Fsp3) is 0.562. The summed E-state index contributed by atoms with van der Waals surface area (Å²) in [7, 11) is 0. The zero-order valence-corrected chi connectivity index (χ0v) is 12.7. The van der Waals surface area contributed by atoms with Crippen molar-refractivity contribution in [3.63, 3.8) is 0 Å². The van der Waals surface area contributed by atoms with Gasteiger partial charge < -0.3 is 20.1 Å². The lowest BCUT2D eigenvalue weighted by molar-refractivity contribution is 0.0671. The van der Waals surface area contributed by atoms with E-state index in [0.29, 0.717) is 31.6 Å². The van der Waals surface area contributed by atoms with E-state index in [9.17, 15) is 0 Å². The molecular formula is C16H25N3O2. The Morgan fingerprint density at radius 2 is 2.05 bits per heavy atom. The van der Waals surface area contributed by atoms with Crippen LogP contribution in [0.5, 0.6) is 0 Å². The normalized spacial score (nSPS) is 17.8. The lowest BCUT2D eigenvalue weighted by Crippen LogP contribution is -2.45. The molecule has 0 saturated carbocycles. The summed E-state index contributed by atoms with van der Waals surface area (Å²) >= 11 is 0. The number of aliphatic imine (C=N–C) groups is 1. The van der Waals surface area contributed by atoms with Gasteiger partial charge in [0.2, 0.25) is 0 Å². The first kappa shape index (κ1) is 15.8. The molecule has 0 spiro atoms. The second-order valence-electron chi connectivity index (χ2n) is 5.40. The Bertz CT molecular complexity index is 430. The summed E-state index contributed by atoms with van der Waals surface area (Å²) in [6.45, 7) is 7.27. The molecule has 1 aliphatic heterocycles. The van der Waals surface area contributed by atoms with Crippen molar-refractivity contribution in [2.45, 2.75) is 13.5 Å². The number of benzene rings is 1. The van der Waals surface area contributed by atoms with Gasteiger partial charge in [-0.15, -0.1) is 0 Å². The maximum Gasteiger partial charge on any atom is 0.191 e. The maximum atomic E-state index is 6.00. The van der Waals surface area contributed by atoms with Crippen LogP contribution in [0, 0.1) is 5.92 Å². The highest BCUT2D eigenvalue weighted by molar-refractivity contribution is 5.78. The molecule has 2 N–H and O–H groups in total. The Balaban J connectivity index is 1.65. The molecule has 2 rings (SSSR count). The Labute approximate surface area is 126 Å². The van der Waals surface area contributed by atoms with E-state index < -0.39 is 0 Å². The van der Waals surface area contributed by atoms with Crippen LogP contribution in [0.15, 0.2) is 35.3 Å². The Morgan fingerprint density at radius 3 is 2.76 bits per heavy atom. The number of morpholine rings is 1. The third-order valence-electron chi connectivity index (χ3n) is 3.41. The minimum atomic E-state index is 0.355. The van der Waals surface area contributed by atoms with E-state index in [0.717, 1.165) is 26.3 Å². The lowest BCUT2D eigenvalue weighted by atomic mass is 10.2. The number of guanidine groups is 1.